The third kappa shape index (κ3) is 4.05. The van der Waals surface area contributed by atoms with Crippen LogP contribution in [0.3, 0.4) is 0 Å². The number of para-hydroxylation sites is 1. The summed E-state index contributed by atoms with van der Waals surface area (Å²) in [6.45, 7) is 7.79. The van der Waals surface area contributed by atoms with Crippen molar-refractivity contribution in [3.63, 3.8) is 0 Å². The van der Waals surface area contributed by atoms with Gasteiger partial charge in [0, 0.05) is 21.9 Å². The summed E-state index contributed by atoms with van der Waals surface area (Å²) in [6.07, 6.45) is 1.90. The second-order valence-corrected chi connectivity index (χ2v) is 6.09. The van der Waals surface area contributed by atoms with Gasteiger partial charge < -0.3 is 10.4 Å². The van der Waals surface area contributed by atoms with Crippen LogP contribution < -0.4 is 5.32 Å². The zero-order valence-electron chi connectivity index (χ0n) is 12.5. The van der Waals surface area contributed by atoms with Gasteiger partial charge in [-0.3, -0.25) is 0 Å². The lowest BCUT2D eigenvalue weighted by molar-refractivity contribution is 0.465. The van der Waals surface area contributed by atoms with Gasteiger partial charge in [0.15, 0.2) is 0 Å². The molecular formula is C18H21NOS. The Morgan fingerprint density at radius 2 is 2.05 bits per heavy atom. The molecule has 2 aromatic rings. The number of thioether (sulfide) groups is 1. The molecule has 21 heavy (non-hydrogen) atoms. The quantitative estimate of drug-likeness (QED) is 0.571. The molecule has 1 unspecified atom stereocenters. The lowest BCUT2D eigenvalue weighted by atomic mass is 10.0. The molecule has 3 heteroatoms. The van der Waals surface area contributed by atoms with E-state index in [4.69, 9.17) is 0 Å². The van der Waals surface area contributed by atoms with Crippen LogP contribution in [0.25, 0.3) is 0 Å². The van der Waals surface area contributed by atoms with Gasteiger partial charge in [-0.25, -0.2) is 0 Å². The monoisotopic (exact) mass is 299 g/mol. The zero-order chi connectivity index (χ0) is 15.2. The Balaban J connectivity index is 2.19. The van der Waals surface area contributed by atoms with Crippen molar-refractivity contribution in [3.8, 4) is 5.75 Å². The maximum atomic E-state index is 10.1. The molecule has 0 saturated heterocycles. The fraction of sp³-hybridized carbons (Fsp3) is 0.222. The Morgan fingerprint density at radius 3 is 2.76 bits per heavy atom. The van der Waals surface area contributed by atoms with E-state index in [1.165, 1.54) is 4.90 Å². The first-order valence-electron chi connectivity index (χ1n) is 7.00. The van der Waals surface area contributed by atoms with E-state index in [1.807, 2.05) is 37.3 Å². The van der Waals surface area contributed by atoms with Crippen molar-refractivity contribution >= 4 is 17.4 Å². The highest BCUT2D eigenvalue weighted by molar-refractivity contribution is 7.99. The minimum absolute atomic E-state index is 0.0380. The van der Waals surface area contributed by atoms with Crippen LogP contribution in [0.1, 0.15) is 24.1 Å². The van der Waals surface area contributed by atoms with E-state index in [9.17, 15) is 5.11 Å². The minimum Gasteiger partial charge on any atom is -0.508 e. The number of aromatic hydroxyl groups is 1. The van der Waals surface area contributed by atoms with E-state index in [1.54, 1.807) is 17.8 Å². The van der Waals surface area contributed by atoms with Crippen molar-refractivity contribution in [2.24, 2.45) is 0 Å². The fourth-order valence-corrected chi connectivity index (χ4v) is 2.95. The molecule has 110 valence electrons. The van der Waals surface area contributed by atoms with E-state index in [-0.39, 0.29) is 6.04 Å². The summed E-state index contributed by atoms with van der Waals surface area (Å²) in [4.78, 5) is 1.19. The van der Waals surface area contributed by atoms with Crippen molar-refractivity contribution in [2.75, 3.05) is 11.1 Å². The first-order chi connectivity index (χ1) is 10.1. The summed E-state index contributed by atoms with van der Waals surface area (Å²) in [5, 5.41) is 13.6. The number of anilines is 1. The SMILES string of the molecule is C=CCSc1ccccc1NC(C)c1ccc(C)cc1O. The van der Waals surface area contributed by atoms with Crippen molar-refractivity contribution in [1.82, 2.24) is 0 Å². The van der Waals surface area contributed by atoms with Crippen LogP contribution in [0.5, 0.6) is 5.75 Å². The summed E-state index contributed by atoms with van der Waals surface area (Å²) in [6, 6.07) is 14.0. The molecule has 2 aromatic carbocycles. The molecule has 0 bridgehead atoms. The highest BCUT2D eigenvalue weighted by Gasteiger charge is 2.12. The van der Waals surface area contributed by atoms with Crippen molar-refractivity contribution in [2.45, 2.75) is 24.8 Å². The van der Waals surface area contributed by atoms with Gasteiger partial charge in [0.2, 0.25) is 0 Å². The van der Waals surface area contributed by atoms with Crippen LogP contribution in [-0.2, 0) is 0 Å². The van der Waals surface area contributed by atoms with Gasteiger partial charge in [0.25, 0.3) is 0 Å². The normalized spacial score (nSPS) is 11.9. The number of rotatable bonds is 6. The molecule has 0 fully saturated rings. The number of hydrogen-bond donors (Lipinski definition) is 2. The maximum Gasteiger partial charge on any atom is 0.121 e. The minimum atomic E-state index is 0.0380. The van der Waals surface area contributed by atoms with Gasteiger partial charge in [0.1, 0.15) is 5.75 Å². The lowest BCUT2D eigenvalue weighted by Gasteiger charge is -2.19. The average Bonchev–Trinajstić information content (AvgIpc) is 2.46. The molecule has 0 radical (unpaired) electrons. The van der Waals surface area contributed by atoms with Crippen molar-refractivity contribution in [1.29, 1.82) is 0 Å². The third-order valence-electron chi connectivity index (χ3n) is 3.27. The van der Waals surface area contributed by atoms with Crippen molar-refractivity contribution < 1.29 is 5.11 Å². The van der Waals surface area contributed by atoms with E-state index >= 15 is 0 Å². The molecule has 0 heterocycles. The molecule has 0 spiro atoms. The maximum absolute atomic E-state index is 10.1. The molecule has 0 aliphatic carbocycles. The second kappa shape index (κ2) is 7.23. The molecule has 2 N–H and O–H groups in total. The smallest absolute Gasteiger partial charge is 0.121 e. The van der Waals surface area contributed by atoms with Gasteiger partial charge in [0.05, 0.1) is 6.04 Å². The molecule has 2 rings (SSSR count). The van der Waals surface area contributed by atoms with E-state index < -0.39 is 0 Å². The van der Waals surface area contributed by atoms with Gasteiger partial charge in [-0.15, -0.1) is 18.3 Å². The van der Waals surface area contributed by atoms with Gasteiger partial charge >= 0.3 is 0 Å². The average molecular weight is 299 g/mol. The van der Waals surface area contributed by atoms with Crippen LogP contribution in [0.4, 0.5) is 5.69 Å². The van der Waals surface area contributed by atoms with E-state index in [0.717, 1.165) is 22.6 Å². The molecule has 0 amide bonds. The van der Waals surface area contributed by atoms with Gasteiger partial charge in [-0.05, 0) is 37.6 Å². The number of benzene rings is 2. The summed E-state index contributed by atoms with van der Waals surface area (Å²) >= 11 is 1.75. The Kier molecular flexibility index (Phi) is 5.34. The highest BCUT2D eigenvalue weighted by Crippen LogP contribution is 2.32. The number of phenolic OH excluding ortho intramolecular Hbond substituents is 1. The van der Waals surface area contributed by atoms with Crippen LogP contribution in [0.2, 0.25) is 0 Å². The molecule has 2 nitrogen and oxygen atoms in total. The number of phenols is 1. The standard InChI is InChI=1S/C18H21NOS/c1-4-11-21-18-8-6-5-7-16(18)19-14(3)15-10-9-13(2)12-17(15)20/h4-10,12,14,19-20H,1,11H2,2-3H3. The Morgan fingerprint density at radius 1 is 1.29 bits per heavy atom. The van der Waals surface area contributed by atoms with Gasteiger partial charge in [-0.1, -0.05) is 30.3 Å². The summed E-state index contributed by atoms with van der Waals surface area (Å²) in [5.74, 6) is 1.22. The van der Waals surface area contributed by atoms with Crippen LogP contribution in [0.15, 0.2) is 60.0 Å². The van der Waals surface area contributed by atoms with Crippen LogP contribution in [0, 0.1) is 6.92 Å². The largest absolute Gasteiger partial charge is 0.508 e. The molecule has 1 atom stereocenters. The predicted molar refractivity (Wildman–Crippen MR) is 92.2 cm³/mol. The summed E-state index contributed by atoms with van der Waals surface area (Å²) < 4.78 is 0. The summed E-state index contributed by atoms with van der Waals surface area (Å²) in [5.41, 5.74) is 3.05. The molecule has 0 aromatic heterocycles. The molecule has 0 aliphatic heterocycles. The number of hydrogen-bond acceptors (Lipinski definition) is 3. The molecule has 0 aliphatic rings. The second-order valence-electron chi connectivity index (χ2n) is 5.02. The Hall–Kier alpha value is -1.87. The molecule has 0 saturated carbocycles. The Labute approximate surface area is 130 Å². The lowest BCUT2D eigenvalue weighted by Crippen LogP contribution is -2.07. The Bertz CT molecular complexity index is 624. The summed E-state index contributed by atoms with van der Waals surface area (Å²) in [7, 11) is 0. The number of nitrogens with one attached hydrogen (secondary N) is 1. The van der Waals surface area contributed by atoms with Gasteiger partial charge in [-0.2, -0.15) is 0 Å². The first kappa shape index (κ1) is 15.5. The zero-order valence-corrected chi connectivity index (χ0v) is 13.3. The van der Waals surface area contributed by atoms with Crippen molar-refractivity contribution in [3.05, 3.63) is 66.2 Å². The molecular weight excluding hydrogens is 278 g/mol. The predicted octanol–water partition coefficient (Wildman–Crippen LogP) is 5.15. The fourth-order valence-electron chi connectivity index (χ4n) is 2.19. The topological polar surface area (TPSA) is 32.3 Å². The highest BCUT2D eigenvalue weighted by atomic mass is 32.2. The number of aryl methyl sites for hydroxylation is 1. The van der Waals surface area contributed by atoms with E-state index in [2.05, 4.69) is 31.0 Å². The van der Waals surface area contributed by atoms with Crippen LogP contribution in [-0.4, -0.2) is 10.9 Å². The third-order valence-corrected chi connectivity index (χ3v) is 4.34. The first-order valence-corrected chi connectivity index (χ1v) is 7.99. The van der Waals surface area contributed by atoms with Crippen LogP contribution >= 0.6 is 11.8 Å². The van der Waals surface area contributed by atoms with E-state index in [0.29, 0.717) is 5.75 Å².